The average molecular weight is 478 g/mol. The van der Waals surface area contributed by atoms with E-state index in [-0.39, 0.29) is 12.8 Å². The fourth-order valence-corrected chi connectivity index (χ4v) is 3.27. The molecule has 1 aromatic carbocycles. The summed E-state index contributed by atoms with van der Waals surface area (Å²) in [6.07, 6.45) is -3.20. The number of methoxy groups -OCH3 is 1. The Bertz CT molecular complexity index is 829. The van der Waals surface area contributed by atoms with Crippen LogP contribution in [0.4, 0.5) is 10.5 Å². The molecule has 0 unspecified atom stereocenters. The van der Waals surface area contributed by atoms with Gasteiger partial charge in [-0.15, -0.1) is 13.2 Å². The van der Waals surface area contributed by atoms with Gasteiger partial charge in [-0.1, -0.05) is 30.4 Å². The van der Waals surface area contributed by atoms with Gasteiger partial charge < -0.3 is 28.8 Å². The number of ether oxygens (including phenoxy) is 5. The number of hydrogen-bond donors (Lipinski definition) is 2. The van der Waals surface area contributed by atoms with Crippen LogP contribution in [-0.2, 0) is 33.3 Å². The lowest BCUT2D eigenvalue weighted by molar-refractivity contribution is -0.298. The summed E-state index contributed by atoms with van der Waals surface area (Å²) < 4.78 is 27.6. The molecule has 0 aliphatic carbocycles. The first-order chi connectivity index (χ1) is 16.4. The Morgan fingerprint density at radius 3 is 2.09 bits per heavy atom. The van der Waals surface area contributed by atoms with Crippen molar-refractivity contribution >= 4 is 23.7 Å². The van der Waals surface area contributed by atoms with Crippen LogP contribution in [0.1, 0.15) is 25.7 Å². The number of allylic oxidation sites excluding steroid dienone is 2. The number of hydrogen-bond acceptors (Lipinski definition) is 9. The predicted octanol–water partition coefficient (Wildman–Crippen LogP) is 2.72. The van der Waals surface area contributed by atoms with E-state index in [1.54, 1.807) is 42.5 Å². The smallest absolute Gasteiger partial charge is 0.412 e. The second-order valence-electron chi connectivity index (χ2n) is 7.39. The third-order valence-corrected chi connectivity index (χ3v) is 4.91. The molecule has 1 saturated heterocycles. The number of nitrogens with one attached hydrogen (secondary N) is 1. The molecule has 10 nitrogen and oxygen atoms in total. The van der Waals surface area contributed by atoms with E-state index in [1.165, 1.54) is 7.11 Å². The van der Waals surface area contributed by atoms with E-state index in [2.05, 4.69) is 18.5 Å². The normalized spacial score (nSPS) is 23.9. The van der Waals surface area contributed by atoms with Crippen LogP contribution in [0.25, 0.3) is 0 Å². The number of amides is 1. The molecule has 1 fully saturated rings. The largest absolute Gasteiger partial charge is 0.455 e. The van der Waals surface area contributed by atoms with Crippen LogP contribution < -0.4 is 5.32 Å². The number of anilines is 1. The molecule has 1 heterocycles. The van der Waals surface area contributed by atoms with Gasteiger partial charge >= 0.3 is 18.0 Å². The van der Waals surface area contributed by atoms with E-state index in [1.807, 2.05) is 0 Å². The van der Waals surface area contributed by atoms with Gasteiger partial charge in [0.1, 0.15) is 6.10 Å². The summed E-state index contributed by atoms with van der Waals surface area (Å²) in [6.45, 7) is 6.57. The molecule has 34 heavy (non-hydrogen) atoms. The first-order valence-corrected chi connectivity index (χ1v) is 10.9. The van der Waals surface area contributed by atoms with E-state index in [4.69, 9.17) is 23.7 Å². The lowest BCUT2D eigenvalue weighted by Crippen LogP contribution is -2.62. The Labute approximate surface area is 198 Å². The first kappa shape index (κ1) is 27.0. The average Bonchev–Trinajstić information content (AvgIpc) is 2.84. The van der Waals surface area contributed by atoms with Gasteiger partial charge in [0.15, 0.2) is 24.6 Å². The number of aliphatic hydroxyl groups excluding tert-OH is 1. The van der Waals surface area contributed by atoms with Crippen molar-refractivity contribution in [3.63, 3.8) is 0 Å². The van der Waals surface area contributed by atoms with Crippen LogP contribution >= 0.6 is 0 Å². The zero-order chi connectivity index (χ0) is 24.9. The number of benzene rings is 1. The predicted molar refractivity (Wildman–Crippen MR) is 122 cm³/mol. The van der Waals surface area contributed by atoms with E-state index < -0.39 is 55.3 Å². The van der Waals surface area contributed by atoms with Gasteiger partial charge in [-0.25, -0.2) is 4.79 Å². The maximum Gasteiger partial charge on any atom is 0.412 e. The number of esters is 2. The Morgan fingerprint density at radius 2 is 1.56 bits per heavy atom. The van der Waals surface area contributed by atoms with Crippen LogP contribution in [0.2, 0.25) is 0 Å². The lowest BCUT2D eigenvalue weighted by atomic mass is 9.98. The molecule has 0 saturated carbocycles. The highest BCUT2D eigenvalue weighted by Crippen LogP contribution is 2.30. The van der Waals surface area contributed by atoms with Crippen molar-refractivity contribution in [2.24, 2.45) is 0 Å². The first-order valence-electron chi connectivity index (χ1n) is 10.9. The molecule has 5 atom stereocenters. The number of rotatable bonds is 12. The highest BCUT2D eigenvalue weighted by atomic mass is 16.7. The van der Waals surface area contributed by atoms with Gasteiger partial charge in [-0.05, 0) is 25.0 Å². The number of carbonyl (C=O) groups excluding carboxylic acids is 3. The molecule has 1 amide bonds. The summed E-state index contributed by atoms with van der Waals surface area (Å²) in [5.74, 6) is -1.26. The molecule has 186 valence electrons. The van der Waals surface area contributed by atoms with Crippen molar-refractivity contribution in [2.45, 2.75) is 56.4 Å². The monoisotopic (exact) mass is 477 g/mol. The van der Waals surface area contributed by atoms with E-state index in [0.29, 0.717) is 18.5 Å². The summed E-state index contributed by atoms with van der Waals surface area (Å²) in [6, 6.07) is 8.56. The Hall–Kier alpha value is -3.21. The molecule has 1 aliphatic heterocycles. The third kappa shape index (κ3) is 7.98. The quantitative estimate of drug-likeness (QED) is 0.265. The Morgan fingerprint density at radius 1 is 0.971 bits per heavy atom. The summed E-state index contributed by atoms with van der Waals surface area (Å²) in [4.78, 5) is 37.4. The van der Waals surface area contributed by atoms with Gasteiger partial charge in [-0.2, -0.15) is 0 Å². The van der Waals surface area contributed by atoms with Gasteiger partial charge in [0, 0.05) is 25.6 Å². The van der Waals surface area contributed by atoms with Crippen molar-refractivity contribution in [1.82, 2.24) is 0 Å². The number of carbonyl (C=O) groups is 3. The fraction of sp³-hybridized carbons (Fsp3) is 0.458. The van der Waals surface area contributed by atoms with Gasteiger partial charge in [0.2, 0.25) is 0 Å². The van der Waals surface area contributed by atoms with Crippen LogP contribution in [0.3, 0.4) is 0 Å². The molecule has 0 bridgehead atoms. The highest BCUT2D eigenvalue weighted by Gasteiger charge is 2.52. The van der Waals surface area contributed by atoms with Crippen molar-refractivity contribution in [3.8, 4) is 0 Å². The lowest BCUT2D eigenvalue weighted by Gasteiger charge is -2.43. The molecule has 0 aromatic heterocycles. The Kier molecular flexibility index (Phi) is 11.2. The third-order valence-electron chi connectivity index (χ3n) is 4.91. The number of para-hydroxylation sites is 1. The second kappa shape index (κ2) is 14.1. The van der Waals surface area contributed by atoms with Gasteiger partial charge in [0.05, 0.1) is 6.61 Å². The fourth-order valence-electron chi connectivity index (χ4n) is 3.27. The molecular formula is C24H31NO9. The number of aliphatic hydroxyl groups is 1. The van der Waals surface area contributed by atoms with Crippen molar-refractivity contribution < 1.29 is 43.2 Å². The van der Waals surface area contributed by atoms with Crippen molar-refractivity contribution in [1.29, 1.82) is 0 Å². The minimum absolute atomic E-state index is 0.00234. The molecule has 2 N–H and O–H groups in total. The molecule has 1 aromatic rings. The molecule has 10 heteroatoms. The minimum atomic E-state index is -1.30. The van der Waals surface area contributed by atoms with E-state index in [0.717, 1.165) is 0 Å². The van der Waals surface area contributed by atoms with Crippen LogP contribution in [0.5, 0.6) is 0 Å². The summed E-state index contributed by atoms with van der Waals surface area (Å²) in [5, 5.41) is 12.4. The van der Waals surface area contributed by atoms with Gasteiger partial charge in [0.25, 0.3) is 0 Å². The van der Waals surface area contributed by atoms with Crippen LogP contribution in [0.15, 0.2) is 55.6 Å². The summed E-state index contributed by atoms with van der Waals surface area (Å²) in [5.41, 5.74) is 0.471. The zero-order valence-corrected chi connectivity index (χ0v) is 19.1. The minimum Gasteiger partial charge on any atom is -0.455 e. The molecule has 0 spiro atoms. The molecular weight excluding hydrogens is 446 g/mol. The maximum atomic E-state index is 12.6. The van der Waals surface area contributed by atoms with Crippen LogP contribution in [0, 0.1) is 0 Å². The van der Waals surface area contributed by atoms with E-state index in [9.17, 15) is 19.5 Å². The maximum absolute atomic E-state index is 12.6. The van der Waals surface area contributed by atoms with Crippen LogP contribution in [-0.4, -0.2) is 67.6 Å². The topological polar surface area (TPSA) is 130 Å². The molecule has 1 aliphatic rings. The van der Waals surface area contributed by atoms with Crippen molar-refractivity contribution in [3.05, 3.63) is 55.6 Å². The highest BCUT2D eigenvalue weighted by molar-refractivity contribution is 5.84. The summed E-state index contributed by atoms with van der Waals surface area (Å²) in [7, 11) is 1.30. The van der Waals surface area contributed by atoms with Crippen molar-refractivity contribution in [2.75, 3.05) is 19.0 Å². The standard InChI is InChI=1S/C24H31NO9/c1-4-6-13-18(27)32-20-17(15-26)31-23(30-3)22(21(20)33-19(28)14-7-5-2)34-24(29)25-16-11-9-8-10-12-16/h4-5,8-12,17,20-23,26H,1-2,6-7,13-15H2,3H3,(H,25,29)/t17-,20+,21+,22-,23+/m1/s1. The molecule has 0 radical (unpaired) electrons. The van der Waals surface area contributed by atoms with E-state index >= 15 is 0 Å². The second-order valence-corrected chi connectivity index (χ2v) is 7.39. The Balaban J connectivity index is 2.30. The molecule has 2 rings (SSSR count). The SMILES string of the molecule is C=CCCC(=O)O[C@H]1[C@@H](OC(=O)CCC=C)[C@@H](CO)O[C@H](OC)[C@@H]1OC(=O)Nc1ccccc1. The zero-order valence-electron chi connectivity index (χ0n) is 19.1. The van der Waals surface area contributed by atoms with Gasteiger partial charge in [-0.3, -0.25) is 14.9 Å². The summed E-state index contributed by atoms with van der Waals surface area (Å²) >= 11 is 0.